The van der Waals surface area contributed by atoms with Gasteiger partial charge in [0.25, 0.3) is 0 Å². The average molecular weight is 1220 g/mol. The summed E-state index contributed by atoms with van der Waals surface area (Å²) >= 11 is 13.1. The molecule has 87 heavy (non-hydrogen) atoms. The zero-order valence-corrected chi connectivity index (χ0v) is 48.8. The third-order valence-corrected chi connectivity index (χ3v) is 20.3. The van der Waals surface area contributed by atoms with Gasteiger partial charge in [0.05, 0.1) is 25.9 Å². The van der Waals surface area contributed by atoms with Crippen LogP contribution in [0.25, 0.3) is 43.9 Å². The lowest BCUT2D eigenvalue weighted by Gasteiger charge is -2.35. The summed E-state index contributed by atoms with van der Waals surface area (Å²) in [7, 11) is -4.98. The maximum Gasteiger partial charge on any atom is 0.603 e. The summed E-state index contributed by atoms with van der Waals surface area (Å²) in [6.07, 6.45) is -3.45. The Labute approximate surface area is 501 Å². The van der Waals surface area contributed by atoms with Crippen LogP contribution in [0.5, 0.6) is 0 Å². The summed E-state index contributed by atoms with van der Waals surface area (Å²) in [4.78, 5) is 59.7. The molecule has 0 spiro atoms. The van der Waals surface area contributed by atoms with E-state index >= 15 is 0 Å². The minimum absolute atomic E-state index is 0.0466. The number of hydrogen-bond donors (Lipinski definition) is 2. The normalized spacial score (nSPS) is 26.7. The maximum absolute atomic E-state index is 8.11. The van der Waals surface area contributed by atoms with Crippen molar-refractivity contribution in [2.24, 2.45) is 30.0 Å². The number of aromatic nitrogens is 10. The van der Waals surface area contributed by atoms with Gasteiger partial charge in [-0.2, -0.15) is 19.9 Å². The Morgan fingerprint density at radius 1 is 0.506 bits per heavy atom. The molecular weight excluding hydrogens is 1180 g/mol. The molecule has 9 unspecified atom stereocenters. The molecule has 8 aliphatic heterocycles. The highest BCUT2D eigenvalue weighted by Crippen LogP contribution is 2.49. The van der Waals surface area contributed by atoms with E-state index in [0.717, 1.165) is 22.3 Å². The monoisotopic (exact) mass is 1220 g/mol. The van der Waals surface area contributed by atoms with E-state index in [1.807, 2.05) is 133 Å². The van der Waals surface area contributed by atoms with Gasteiger partial charge in [0.1, 0.15) is 70.3 Å². The van der Waals surface area contributed by atoms with Crippen LogP contribution in [0.2, 0.25) is 10.4 Å². The molecule has 4 fully saturated rings. The number of ether oxygens (including phenoxy) is 6. The van der Waals surface area contributed by atoms with Crippen LogP contribution < -0.4 is 22.4 Å². The number of fused-ring (bicyclic) bond motifs is 18. The Balaban J connectivity index is 0.909. The fourth-order valence-corrected chi connectivity index (χ4v) is 17.0. The van der Waals surface area contributed by atoms with Gasteiger partial charge >= 0.3 is 8.88 Å². The third-order valence-electron chi connectivity index (χ3n) is 16.8. The van der Waals surface area contributed by atoms with Gasteiger partial charge in [-0.05, 0) is 39.3 Å². The first-order chi connectivity index (χ1) is 42.2. The van der Waals surface area contributed by atoms with Crippen molar-refractivity contribution in [3.63, 3.8) is 0 Å². The fraction of sp³-hybridized carbons (Fsp3) is 0.276. The van der Waals surface area contributed by atoms with Gasteiger partial charge in [-0.25, -0.2) is 39.9 Å². The number of hydrogen-bond acceptors (Lipinski definition) is 22. The van der Waals surface area contributed by atoms with Crippen LogP contribution in [-0.2, 0) is 37.3 Å². The lowest BCUT2D eigenvalue weighted by atomic mass is 10.1. The molecule has 8 aliphatic rings. The van der Waals surface area contributed by atoms with E-state index in [-0.39, 0.29) is 35.4 Å². The van der Waals surface area contributed by atoms with Crippen LogP contribution in [0.1, 0.15) is 62.4 Å². The molecule has 6 bridgehead atoms. The van der Waals surface area contributed by atoms with Crippen LogP contribution >= 0.6 is 23.2 Å². The number of anilines is 2. The van der Waals surface area contributed by atoms with E-state index in [1.165, 1.54) is 0 Å². The molecule has 10 aromatic rings. The van der Waals surface area contributed by atoms with E-state index in [1.54, 1.807) is 21.8 Å². The van der Waals surface area contributed by atoms with Crippen molar-refractivity contribution in [3.8, 4) is 0 Å². The summed E-state index contributed by atoms with van der Waals surface area (Å²) in [6, 6.07) is 31.6. The Morgan fingerprint density at radius 3 is 1.45 bits per heavy atom. The zero-order valence-electron chi connectivity index (χ0n) is 46.3. The average Bonchev–Trinajstić information content (AvgIpc) is 1.59. The first-order valence-corrected chi connectivity index (χ1v) is 30.5. The molecule has 26 nitrogen and oxygen atoms in total. The molecule has 0 aliphatic carbocycles. The SMILES string of the molecule is CC1(C)OC2C(CO[Si]3(OCC4OC(n5cnc6c(Cl)nc(N)nc65)C5OC(C)(C)OC45)n4c5c6ccccc6c4N=C4N=C(N=c6c7ccccc7c(n63)=NC3=NC(=N5)c5ccccc53)c3ccccc34)OC(n3cnc4c(N)nc(Cl)nc43)C2O1. The van der Waals surface area contributed by atoms with Gasteiger partial charge in [0.2, 0.25) is 11.2 Å². The Kier molecular flexibility index (Phi) is 10.8. The lowest BCUT2D eigenvalue weighted by Crippen LogP contribution is -2.65. The highest BCUT2D eigenvalue weighted by atomic mass is 35.5. The zero-order chi connectivity index (χ0) is 58.6. The van der Waals surface area contributed by atoms with Crippen molar-refractivity contribution in [1.82, 2.24) is 47.5 Å². The van der Waals surface area contributed by atoms with Crippen molar-refractivity contribution in [1.29, 1.82) is 0 Å². The summed E-state index contributed by atoms with van der Waals surface area (Å²) < 4.78 is 65.2. The molecule has 0 saturated carbocycles. The van der Waals surface area contributed by atoms with Gasteiger partial charge in [-0.15, -0.1) is 0 Å². The fourth-order valence-electron chi connectivity index (χ4n) is 13.3. The number of imidazole rings is 2. The number of nitrogen functional groups attached to an aromatic ring is 2. The summed E-state index contributed by atoms with van der Waals surface area (Å²) in [5.74, 6) is 0.326. The van der Waals surface area contributed by atoms with Gasteiger partial charge < -0.3 is 48.7 Å². The molecule has 434 valence electrons. The van der Waals surface area contributed by atoms with Crippen LogP contribution in [0, 0.1) is 0 Å². The Morgan fingerprint density at radius 2 is 0.943 bits per heavy atom. The molecule has 4 aromatic carbocycles. The van der Waals surface area contributed by atoms with Gasteiger partial charge in [0.15, 0.2) is 69.6 Å². The maximum atomic E-state index is 8.11. The first-order valence-electron chi connectivity index (χ1n) is 28.0. The van der Waals surface area contributed by atoms with Gasteiger partial charge in [-0.1, -0.05) is 109 Å². The summed E-state index contributed by atoms with van der Waals surface area (Å²) in [6.45, 7) is 6.96. The van der Waals surface area contributed by atoms with Crippen LogP contribution in [0.4, 0.5) is 23.4 Å². The number of rotatable bonds is 8. The highest BCUT2D eigenvalue weighted by Gasteiger charge is 2.62. The Hall–Kier alpha value is -8.58. The number of nitrogens with zero attached hydrogens (tertiary/aromatic N) is 16. The van der Waals surface area contributed by atoms with Gasteiger partial charge in [0, 0.05) is 43.8 Å². The predicted molar refractivity (Wildman–Crippen MR) is 318 cm³/mol. The smallest absolute Gasteiger partial charge is 0.382 e. The van der Waals surface area contributed by atoms with Crippen LogP contribution in [0.15, 0.2) is 140 Å². The minimum atomic E-state index is -4.98. The third kappa shape index (κ3) is 7.56. The molecule has 0 radical (unpaired) electrons. The van der Waals surface area contributed by atoms with Gasteiger partial charge in [-0.3, -0.25) is 17.6 Å². The van der Waals surface area contributed by atoms with Crippen molar-refractivity contribution in [2.75, 3.05) is 24.7 Å². The second-order valence-corrected chi connectivity index (χ2v) is 26.2. The van der Waals surface area contributed by atoms with Crippen molar-refractivity contribution in [2.45, 2.75) is 88.3 Å². The molecule has 4 N–H and O–H groups in total. The molecule has 6 aromatic heterocycles. The van der Waals surface area contributed by atoms with E-state index in [2.05, 4.69) is 29.9 Å². The highest BCUT2D eigenvalue weighted by molar-refractivity contribution is 6.66. The van der Waals surface area contributed by atoms with E-state index in [4.69, 9.17) is 102 Å². The molecule has 4 saturated heterocycles. The predicted octanol–water partition coefficient (Wildman–Crippen LogP) is 6.39. The molecule has 0 amide bonds. The second-order valence-electron chi connectivity index (χ2n) is 22.9. The number of amidine groups is 4. The first kappa shape index (κ1) is 51.6. The number of nitrogens with two attached hydrogens (primary N) is 2. The van der Waals surface area contributed by atoms with Crippen LogP contribution in [0.3, 0.4) is 0 Å². The molecule has 9 atom stereocenters. The molecular formula is C58H46Cl2N18O8Si. The minimum Gasteiger partial charge on any atom is -0.382 e. The standard InChI is InChI=1S/C58H46Cl2N18O8Si/c1-57(2)83-37-33(81-53(39(37)85-57)75-23-63-35-41(59)65-56(62)74-51(35)75)21-79-87(80-22-34-38-40(86-58(3,4)84-38)54(82-34)76-24-64-36-42(61)66-55(60)73-52(36)76)77-47-29-17-9-10-18-30(29)49(77)71-45-27-15-7-8-16-28(27)46(68-45)72-50-32-20-12-11-19-31(32)48(78(50)87)70-44-26-14-6-5-13-25(26)43(67-44)69-47/h5-20,23-24,33-34,37-40,53-54H,21-22H2,1-4H3,(H2,61,66,73)(H2,62,65,74). The number of halogens is 2. The van der Waals surface area contributed by atoms with Crippen LogP contribution in [-0.4, -0.2) is 141 Å². The lowest BCUT2D eigenvalue weighted by molar-refractivity contribution is -0.201. The largest absolute Gasteiger partial charge is 0.603 e. The van der Waals surface area contributed by atoms with Crippen molar-refractivity contribution >= 4 is 123 Å². The molecule has 18 rings (SSSR count). The Bertz CT molecular complexity index is 4680. The number of benzene rings is 4. The second kappa shape index (κ2) is 18.2. The number of aliphatic imine (C=N–C) groups is 4. The van der Waals surface area contributed by atoms with E-state index in [0.29, 0.717) is 89.8 Å². The summed E-state index contributed by atoms with van der Waals surface area (Å²) in [5.41, 5.74) is 17.8. The molecule has 14 heterocycles. The summed E-state index contributed by atoms with van der Waals surface area (Å²) in [5, 5.41) is 2.83. The molecule has 29 heteroatoms. The van der Waals surface area contributed by atoms with Crippen molar-refractivity contribution in [3.05, 3.63) is 153 Å². The van der Waals surface area contributed by atoms with E-state index in [9.17, 15) is 0 Å². The van der Waals surface area contributed by atoms with Crippen molar-refractivity contribution < 1.29 is 37.3 Å². The van der Waals surface area contributed by atoms with E-state index < -0.39 is 69.5 Å². The quantitative estimate of drug-likeness (QED) is 0.0946. The topological polar surface area (TPSA) is 297 Å².